The van der Waals surface area contributed by atoms with E-state index in [4.69, 9.17) is 4.74 Å². The largest absolute Gasteiger partial charge is 0.497 e. The number of aromatic nitrogens is 1. The van der Waals surface area contributed by atoms with Gasteiger partial charge in [-0.1, -0.05) is 19.1 Å². The van der Waals surface area contributed by atoms with E-state index in [0.29, 0.717) is 5.96 Å². The fourth-order valence-electron chi connectivity index (χ4n) is 2.39. The second-order valence-electron chi connectivity index (χ2n) is 5.76. The van der Waals surface area contributed by atoms with E-state index in [9.17, 15) is 5.11 Å². The molecule has 0 aliphatic heterocycles. The maximum Gasteiger partial charge on any atom is 0.191 e. The Balaban J connectivity index is 1.88. The molecule has 0 saturated carbocycles. The number of hydrogen-bond acceptors (Lipinski definition) is 5. The molecule has 0 saturated heterocycles. The Morgan fingerprint density at radius 3 is 2.88 bits per heavy atom. The molecule has 2 aromatic rings. The second-order valence-corrected chi connectivity index (χ2v) is 6.96. The van der Waals surface area contributed by atoms with Crippen LogP contribution in [0.15, 0.2) is 35.5 Å². The highest BCUT2D eigenvalue weighted by atomic mass is 32.1. The Kier molecular flexibility index (Phi) is 8.37. The van der Waals surface area contributed by atoms with Gasteiger partial charge in [0.1, 0.15) is 5.75 Å². The molecule has 1 unspecified atom stereocenters. The van der Waals surface area contributed by atoms with Gasteiger partial charge in [0.2, 0.25) is 0 Å². The number of aliphatic hydroxyl groups is 1. The van der Waals surface area contributed by atoms with Crippen LogP contribution in [0.3, 0.4) is 0 Å². The predicted molar refractivity (Wildman–Crippen MR) is 107 cm³/mol. The summed E-state index contributed by atoms with van der Waals surface area (Å²) < 4.78 is 5.20. The molecule has 6 nitrogen and oxygen atoms in total. The van der Waals surface area contributed by atoms with Gasteiger partial charge in [-0.15, -0.1) is 11.3 Å². The zero-order valence-corrected chi connectivity index (χ0v) is 16.5. The molecule has 2 rings (SSSR count). The van der Waals surface area contributed by atoms with Crippen molar-refractivity contribution < 1.29 is 9.84 Å². The lowest BCUT2D eigenvalue weighted by molar-refractivity contribution is 0.186. The van der Waals surface area contributed by atoms with Crippen molar-refractivity contribution in [2.45, 2.75) is 32.8 Å². The molecular weight excluding hydrogens is 348 g/mol. The summed E-state index contributed by atoms with van der Waals surface area (Å²) in [6.07, 6.45) is 3.15. The fourth-order valence-corrected chi connectivity index (χ4v) is 3.25. The molecule has 1 heterocycles. The third-order valence-corrected chi connectivity index (χ3v) is 5.03. The van der Waals surface area contributed by atoms with E-state index in [0.717, 1.165) is 42.3 Å². The van der Waals surface area contributed by atoms with Gasteiger partial charge < -0.3 is 20.5 Å². The van der Waals surface area contributed by atoms with E-state index in [1.165, 1.54) is 4.88 Å². The van der Waals surface area contributed by atoms with E-state index in [1.807, 2.05) is 37.4 Å². The van der Waals surface area contributed by atoms with Crippen LogP contribution in [0.5, 0.6) is 5.75 Å². The van der Waals surface area contributed by atoms with Gasteiger partial charge in [-0.2, -0.15) is 0 Å². The van der Waals surface area contributed by atoms with E-state index in [2.05, 4.69) is 27.5 Å². The number of aliphatic hydroxyl groups excluding tert-OH is 1. The highest BCUT2D eigenvalue weighted by Gasteiger charge is 2.09. The number of thiazole rings is 1. The Labute approximate surface area is 159 Å². The van der Waals surface area contributed by atoms with Crippen molar-refractivity contribution in [3.63, 3.8) is 0 Å². The van der Waals surface area contributed by atoms with Gasteiger partial charge in [-0.3, -0.25) is 4.99 Å². The van der Waals surface area contributed by atoms with Gasteiger partial charge in [0.05, 0.1) is 24.8 Å². The molecule has 26 heavy (non-hydrogen) atoms. The summed E-state index contributed by atoms with van der Waals surface area (Å²) in [5.41, 5.74) is 0.791. The Morgan fingerprint density at radius 2 is 2.19 bits per heavy atom. The second kappa shape index (κ2) is 10.8. The molecule has 0 spiro atoms. The third kappa shape index (κ3) is 6.31. The minimum Gasteiger partial charge on any atom is -0.497 e. The SMILES string of the molecule is CCNC(=NCC(O)c1cccc(OC)c1)NCCc1ncc(CC)s1. The van der Waals surface area contributed by atoms with Gasteiger partial charge in [0.15, 0.2) is 5.96 Å². The zero-order valence-electron chi connectivity index (χ0n) is 15.7. The number of benzene rings is 1. The monoisotopic (exact) mass is 376 g/mol. The lowest BCUT2D eigenvalue weighted by atomic mass is 10.1. The predicted octanol–water partition coefficient (Wildman–Crippen LogP) is 2.55. The maximum atomic E-state index is 10.4. The average Bonchev–Trinajstić information content (AvgIpc) is 3.14. The fraction of sp³-hybridized carbons (Fsp3) is 0.474. The quantitative estimate of drug-likeness (QED) is 0.463. The molecule has 0 amide bonds. The highest BCUT2D eigenvalue weighted by molar-refractivity contribution is 7.11. The molecule has 7 heteroatoms. The van der Waals surface area contributed by atoms with Gasteiger partial charge in [-0.25, -0.2) is 4.98 Å². The van der Waals surface area contributed by atoms with E-state index in [-0.39, 0.29) is 6.54 Å². The number of nitrogens with zero attached hydrogens (tertiary/aromatic N) is 2. The number of rotatable bonds is 9. The van der Waals surface area contributed by atoms with Crippen LogP contribution in [0.1, 0.15) is 35.4 Å². The lowest BCUT2D eigenvalue weighted by Gasteiger charge is -2.13. The minimum absolute atomic E-state index is 0.278. The van der Waals surface area contributed by atoms with Crippen LogP contribution in [0.4, 0.5) is 0 Å². The van der Waals surface area contributed by atoms with Crippen LogP contribution in [0.25, 0.3) is 0 Å². The van der Waals surface area contributed by atoms with Gasteiger partial charge >= 0.3 is 0 Å². The van der Waals surface area contributed by atoms with Crippen molar-refractivity contribution in [2.75, 3.05) is 26.7 Å². The van der Waals surface area contributed by atoms with Crippen molar-refractivity contribution in [2.24, 2.45) is 4.99 Å². The van der Waals surface area contributed by atoms with E-state index >= 15 is 0 Å². The number of ether oxygens (including phenoxy) is 1. The first-order valence-electron chi connectivity index (χ1n) is 8.94. The average molecular weight is 377 g/mol. The topological polar surface area (TPSA) is 78.8 Å². The molecule has 0 aliphatic rings. The number of methoxy groups -OCH3 is 1. The highest BCUT2D eigenvalue weighted by Crippen LogP contribution is 2.19. The van der Waals surface area contributed by atoms with Crippen LogP contribution < -0.4 is 15.4 Å². The van der Waals surface area contributed by atoms with Crippen LogP contribution >= 0.6 is 11.3 Å². The van der Waals surface area contributed by atoms with Crippen molar-refractivity contribution in [3.05, 3.63) is 45.9 Å². The minimum atomic E-state index is -0.674. The van der Waals surface area contributed by atoms with Gasteiger partial charge in [-0.05, 0) is 31.0 Å². The molecule has 1 aromatic carbocycles. The number of nitrogens with one attached hydrogen (secondary N) is 2. The maximum absolute atomic E-state index is 10.4. The normalized spacial score (nSPS) is 12.7. The third-order valence-electron chi connectivity index (χ3n) is 3.83. The Morgan fingerprint density at radius 1 is 1.35 bits per heavy atom. The van der Waals surface area contributed by atoms with Crippen LogP contribution in [-0.4, -0.2) is 42.8 Å². The lowest BCUT2D eigenvalue weighted by Crippen LogP contribution is -2.38. The van der Waals surface area contributed by atoms with E-state index < -0.39 is 6.10 Å². The molecule has 0 radical (unpaired) electrons. The zero-order chi connectivity index (χ0) is 18.8. The summed E-state index contributed by atoms with van der Waals surface area (Å²) in [5, 5.41) is 18.0. The number of hydrogen-bond donors (Lipinski definition) is 3. The van der Waals surface area contributed by atoms with Crippen LogP contribution in [0, 0.1) is 0 Å². The molecule has 3 N–H and O–H groups in total. The molecule has 0 bridgehead atoms. The Hall–Kier alpha value is -2.12. The number of aliphatic imine (C=N–C) groups is 1. The molecule has 1 atom stereocenters. The summed E-state index contributed by atoms with van der Waals surface area (Å²) in [7, 11) is 1.61. The van der Waals surface area contributed by atoms with Gasteiger partial charge in [0, 0.05) is 30.6 Å². The molecule has 0 aliphatic carbocycles. The van der Waals surface area contributed by atoms with Crippen molar-refractivity contribution in [1.82, 2.24) is 15.6 Å². The Bertz CT molecular complexity index is 702. The summed E-state index contributed by atoms with van der Waals surface area (Å²) in [4.78, 5) is 10.2. The first-order valence-corrected chi connectivity index (χ1v) is 9.75. The number of aryl methyl sites for hydroxylation is 1. The smallest absolute Gasteiger partial charge is 0.191 e. The summed E-state index contributed by atoms with van der Waals surface area (Å²) in [6, 6.07) is 7.42. The van der Waals surface area contributed by atoms with E-state index in [1.54, 1.807) is 18.4 Å². The van der Waals surface area contributed by atoms with Crippen molar-refractivity contribution in [1.29, 1.82) is 0 Å². The van der Waals surface area contributed by atoms with Crippen molar-refractivity contribution in [3.8, 4) is 5.75 Å². The first-order chi connectivity index (χ1) is 12.7. The molecular formula is C19H28N4O2S. The summed E-state index contributed by atoms with van der Waals surface area (Å²) >= 11 is 1.75. The molecule has 1 aromatic heterocycles. The standard InChI is InChI=1S/C19H28N4O2S/c1-4-16-12-22-18(26-16)9-10-21-19(20-5-2)23-13-17(24)14-7-6-8-15(11-14)25-3/h6-8,11-12,17,24H,4-5,9-10,13H2,1-3H3,(H2,20,21,23). The first kappa shape index (κ1) is 20.2. The van der Waals surface area contributed by atoms with Gasteiger partial charge in [0.25, 0.3) is 0 Å². The van der Waals surface area contributed by atoms with Crippen LogP contribution in [-0.2, 0) is 12.8 Å². The van der Waals surface area contributed by atoms with Crippen LogP contribution in [0.2, 0.25) is 0 Å². The molecule has 0 fully saturated rings. The number of guanidine groups is 1. The summed E-state index contributed by atoms with van der Waals surface area (Å²) in [5.74, 6) is 1.42. The summed E-state index contributed by atoms with van der Waals surface area (Å²) in [6.45, 7) is 5.94. The van der Waals surface area contributed by atoms with Crippen molar-refractivity contribution >= 4 is 17.3 Å². The molecule has 142 valence electrons.